The fourth-order valence-electron chi connectivity index (χ4n) is 3.08. The maximum absolute atomic E-state index is 12.6. The molecule has 0 amide bonds. The van der Waals surface area contributed by atoms with Gasteiger partial charge in [0, 0.05) is 12.6 Å². The zero-order chi connectivity index (χ0) is 15.5. The van der Waals surface area contributed by atoms with Crippen molar-refractivity contribution in [3.05, 3.63) is 35.4 Å². The molecule has 21 heavy (non-hydrogen) atoms. The Morgan fingerprint density at radius 3 is 2.52 bits per heavy atom. The third-order valence-corrected chi connectivity index (χ3v) is 4.39. The summed E-state index contributed by atoms with van der Waals surface area (Å²) in [5.74, 6) is 0.612. The third kappa shape index (κ3) is 4.20. The number of hydrogen-bond acceptors (Lipinski definition) is 2. The van der Waals surface area contributed by atoms with E-state index < -0.39 is 11.7 Å². The molecule has 118 valence electrons. The monoisotopic (exact) mass is 300 g/mol. The molecule has 0 aliphatic carbocycles. The van der Waals surface area contributed by atoms with Crippen molar-refractivity contribution in [2.45, 2.75) is 38.4 Å². The first-order valence-electron chi connectivity index (χ1n) is 7.53. The topological polar surface area (TPSA) is 29.3 Å². The lowest BCUT2D eigenvalue weighted by Gasteiger charge is -2.37. The van der Waals surface area contributed by atoms with Crippen molar-refractivity contribution >= 4 is 0 Å². The molecule has 0 radical (unpaired) electrons. The van der Waals surface area contributed by atoms with Gasteiger partial charge in [-0.05, 0) is 62.9 Å². The minimum atomic E-state index is -4.26. The Bertz CT molecular complexity index is 440. The van der Waals surface area contributed by atoms with Crippen molar-refractivity contribution in [1.29, 1.82) is 0 Å². The van der Waals surface area contributed by atoms with E-state index in [0.29, 0.717) is 12.5 Å². The maximum atomic E-state index is 12.6. The van der Waals surface area contributed by atoms with E-state index in [2.05, 4.69) is 11.8 Å². The summed E-state index contributed by atoms with van der Waals surface area (Å²) < 4.78 is 37.8. The standard InChI is InChI=1S/C16H23F3N2/c1-12(21-10-2-3-13(11-21)8-9-20)14-4-6-15(7-5-14)16(17,18)19/h4-7,12-13H,2-3,8-11,20H2,1H3. The van der Waals surface area contributed by atoms with Gasteiger partial charge in [0.15, 0.2) is 0 Å². The number of likely N-dealkylation sites (tertiary alicyclic amines) is 1. The molecule has 1 aromatic rings. The van der Waals surface area contributed by atoms with Crippen molar-refractivity contribution in [1.82, 2.24) is 4.90 Å². The van der Waals surface area contributed by atoms with Crippen LogP contribution < -0.4 is 5.73 Å². The van der Waals surface area contributed by atoms with E-state index in [0.717, 1.165) is 31.5 Å². The normalized spacial score (nSPS) is 22.2. The molecule has 2 N–H and O–H groups in total. The maximum Gasteiger partial charge on any atom is 0.416 e. The van der Waals surface area contributed by atoms with Crippen LogP contribution in [0.15, 0.2) is 24.3 Å². The van der Waals surface area contributed by atoms with Crippen LogP contribution in [0.25, 0.3) is 0 Å². The SMILES string of the molecule is CC(c1ccc(C(F)(F)F)cc1)N1CCCC(CCN)C1. The molecule has 1 aliphatic rings. The van der Waals surface area contributed by atoms with Crippen LogP contribution in [0.5, 0.6) is 0 Å². The molecule has 2 unspecified atom stereocenters. The van der Waals surface area contributed by atoms with E-state index in [1.807, 2.05) is 0 Å². The Kier molecular flexibility index (Phi) is 5.27. The Hall–Kier alpha value is -1.07. The molecule has 0 aromatic heterocycles. The summed E-state index contributed by atoms with van der Waals surface area (Å²) in [4.78, 5) is 2.35. The van der Waals surface area contributed by atoms with Gasteiger partial charge in [-0.3, -0.25) is 4.90 Å². The highest BCUT2D eigenvalue weighted by molar-refractivity contribution is 5.26. The van der Waals surface area contributed by atoms with Gasteiger partial charge in [0.25, 0.3) is 0 Å². The van der Waals surface area contributed by atoms with Crippen molar-refractivity contribution in [2.24, 2.45) is 11.7 Å². The van der Waals surface area contributed by atoms with Crippen LogP contribution in [0.4, 0.5) is 13.2 Å². The van der Waals surface area contributed by atoms with E-state index >= 15 is 0 Å². The molecule has 2 atom stereocenters. The summed E-state index contributed by atoms with van der Waals surface area (Å²) in [6, 6.07) is 5.69. The van der Waals surface area contributed by atoms with Gasteiger partial charge in [0.05, 0.1) is 5.56 Å². The second-order valence-electron chi connectivity index (χ2n) is 5.88. The van der Waals surface area contributed by atoms with Crippen LogP contribution in [0.2, 0.25) is 0 Å². The third-order valence-electron chi connectivity index (χ3n) is 4.39. The smallest absolute Gasteiger partial charge is 0.330 e. The first kappa shape index (κ1) is 16.3. The molecule has 1 aliphatic heterocycles. The summed E-state index contributed by atoms with van der Waals surface area (Å²) in [5, 5.41) is 0. The van der Waals surface area contributed by atoms with Crippen molar-refractivity contribution in [3.63, 3.8) is 0 Å². The lowest BCUT2D eigenvalue weighted by atomic mass is 9.92. The average molecular weight is 300 g/mol. The van der Waals surface area contributed by atoms with Gasteiger partial charge in [-0.25, -0.2) is 0 Å². The quantitative estimate of drug-likeness (QED) is 0.915. The number of rotatable bonds is 4. The Morgan fingerprint density at radius 2 is 1.95 bits per heavy atom. The van der Waals surface area contributed by atoms with Crippen LogP contribution in [-0.2, 0) is 6.18 Å². The lowest BCUT2D eigenvalue weighted by Crippen LogP contribution is -2.37. The molecule has 0 bridgehead atoms. The second kappa shape index (κ2) is 6.79. The minimum Gasteiger partial charge on any atom is -0.330 e. The highest BCUT2D eigenvalue weighted by Crippen LogP contribution is 2.32. The minimum absolute atomic E-state index is 0.146. The number of alkyl halides is 3. The van der Waals surface area contributed by atoms with Crippen molar-refractivity contribution in [3.8, 4) is 0 Å². The molecule has 1 aromatic carbocycles. The van der Waals surface area contributed by atoms with E-state index in [1.165, 1.54) is 18.6 Å². The number of benzene rings is 1. The summed E-state index contributed by atoms with van der Waals surface area (Å²) in [7, 11) is 0. The number of nitrogens with zero attached hydrogens (tertiary/aromatic N) is 1. The van der Waals surface area contributed by atoms with Gasteiger partial charge in [-0.1, -0.05) is 12.1 Å². The van der Waals surface area contributed by atoms with Gasteiger partial charge < -0.3 is 5.73 Å². The first-order valence-corrected chi connectivity index (χ1v) is 7.53. The Morgan fingerprint density at radius 1 is 1.29 bits per heavy atom. The Balaban J connectivity index is 2.03. The summed E-state index contributed by atoms with van der Waals surface area (Å²) >= 11 is 0. The number of halogens is 3. The summed E-state index contributed by atoms with van der Waals surface area (Å²) in [6.07, 6.45) is -0.904. The predicted octanol–water partition coefficient (Wildman–Crippen LogP) is 3.83. The molecule has 5 heteroatoms. The zero-order valence-corrected chi connectivity index (χ0v) is 12.4. The van der Waals surface area contributed by atoms with E-state index in [-0.39, 0.29) is 6.04 Å². The van der Waals surface area contributed by atoms with E-state index in [9.17, 15) is 13.2 Å². The molecular weight excluding hydrogens is 277 g/mol. The highest BCUT2D eigenvalue weighted by Gasteiger charge is 2.30. The van der Waals surface area contributed by atoms with Gasteiger partial charge in [0.1, 0.15) is 0 Å². The molecule has 1 fully saturated rings. The lowest BCUT2D eigenvalue weighted by molar-refractivity contribution is -0.137. The summed E-state index contributed by atoms with van der Waals surface area (Å²) in [6.45, 7) is 4.75. The van der Waals surface area contributed by atoms with Crippen LogP contribution >= 0.6 is 0 Å². The predicted molar refractivity (Wildman–Crippen MR) is 77.8 cm³/mol. The first-order chi connectivity index (χ1) is 9.91. The van der Waals surface area contributed by atoms with Crippen LogP contribution in [0.3, 0.4) is 0 Å². The van der Waals surface area contributed by atoms with Gasteiger partial charge in [-0.15, -0.1) is 0 Å². The molecule has 1 heterocycles. The largest absolute Gasteiger partial charge is 0.416 e. The zero-order valence-electron chi connectivity index (χ0n) is 12.4. The van der Waals surface area contributed by atoms with Crippen LogP contribution in [0, 0.1) is 5.92 Å². The van der Waals surface area contributed by atoms with Gasteiger partial charge in [0.2, 0.25) is 0 Å². The number of piperidine rings is 1. The molecule has 2 rings (SSSR count). The van der Waals surface area contributed by atoms with E-state index in [4.69, 9.17) is 5.73 Å². The van der Waals surface area contributed by atoms with Crippen LogP contribution in [-0.4, -0.2) is 24.5 Å². The second-order valence-corrected chi connectivity index (χ2v) is 5.88. The number of hydrogen-bond donors (Lipinski definition) is 1. The Labute approximate surface area is 124 Å². The van der Waals surface area contributed by atoms with Gasteiger partial charge in [-0.2, -0.15) is 13.2 Å². The summed E-state index contributed by atoms with van der Waals surface area (Å²) in [5.41, 5.74) is 5.98. The van der Waals surface area contributed by atoms with Crippen molar-refractivity contribution < 1.29 is 13.2 Å². The fourth-order valence-corrected chi connectivity index (χ4v) is 3.08. The average Bonchev–Trinajstić information content (AvgIpc) is 2.46. The van der Waals surface area contributed by atoms with E-state index in [1.54, 1.807) is 12.1 Å². The highest BCUT2D eigenvalue weighted by atomic mass is 19.4. The number of nitrogens with two attached hydrogens (primary N) is 1. The molecule has 0 spiro atoms. The molecule has 1 saturated heterocycles. The fraction of sp³-hybridized carbons (Fsp3) is 0.625. The molecule has 2 nitrogen and oxygen atoms in total. The van der Waals surface area contributed by atoms with Gasteiger partial charge >= 0.3 is 6.18 Å². The van der Waals surface area contributed by atoms with Crippen LogP contribution in [0.1, 0.15) is 43.4 Å². The van der Waals surface area contributed by atoms with Crippen molar-refractivity contribution in [2.75, 3.05) is 19.6 Å². The molecule has 0 saturated carbocycles. The molecular formula is C16H23F3N2.